The Morgan fingerprint density at radius 2 is 1.64 bits per heavy atom. The summed E-state index contributed by atoms with van der Waals surface area (Å²) in [6.07, 6.45) is -1.61. The highest BCUT2D eigenvalue weighted by Gasteiger charge is 2.31. The van der Waals surface area contributed by atoms with E-state index in [1.165, 1.54) is 12.1 Å². The van der Waals surface area contributed by atoms with Crippen molar-refractivity contribution in [3.05, 3.63) is 60.2 Å². The van der Waals surface area contributed by atoms with Gasteiger partial charge in [0.2, 0.25) is 5.50 Å². The molecule has 0 amide bonds. The Labute approximate surface area is 130 Å². The summed E-state index contributed by atoms with van der Waals surface area (Å²) in [6, 6.07) is 14.4. The van der Waals surface area contributed by atoms with Crippen molar-refractivity contribution < 1.29 is 13.7 Å². The van der Waals surface area contributed by atoms with Crippen LogP contribution in [-0.4, -0.2) is 28.9 Å². The standard InChI is InChI=1S/C16H19FN2O2S/c1-19(2)13-10-8-12(9-11-13)15(20)16(17)22(18,21)14-6-4-3-5-7-14/h3-11,15-16,18,20H,1-2H3/t15-,16?,22+/m0/s1. The first-order chi connectivity index (χ1) is 10.3. The van der Waals surface area contributed by atoms with Crippen molar-refractivity contribution in [2.24, 2.45) is 0 Å². The van der Waals surface area contributed by atoms with Crippen LogP contribution in [0.2, 0.25) is 0 Å². The second-order valence-corrected chi connectivity index (χ2v) is 7.32. The van der Waals surface area contributed by atoms with Gasteiger partial charge in [0.05, 0.1) is 4.90 Å². The smallest absolute Gasteiger partial charge is 0.216 e. The van der Waals surface area contributed by atoms with Crippen molar-refractivity contribution in [2.75, 3.05) is 19.0 Å². The van der Waals surface area contributed by atoms with Crippen LogP contribution in [0.25, 0.3) is 0 Å². The minimum absolute atomic E-state index is 0.0754. The lowest BCUT2D eigenvalue weighted by Gasteiger charge is -2.20. The molecule has 0 aromatic heterocycles. The molecule has 0 heterocycles. The molecule has 0 aliphatic rings. The molecule has 3 atom stereocenters. The van der Waals surface area contributed by atoms with Crippen molar-refractivity contribution in [1.29, 1.82) is 4.78 Å². The molecule has 0 bridgehead atoms. The summed E-state index contributed by atoms with van der Waals surface area (Å²) >= 11 is 0. The Morgan fingerprint density at radius 1 is 1.09 bits per heavy atom. The number of hydrogen-bond acceptors (Lipinski definition) is 4. The third kappa shape index (κ3) is 3.28. The van der Waals surface area contributed by atoms with Crippen LogP contribution < -0.4 is 4.90 Å². The van der Waals surface area contributed by atoms with E-state index in [9.17, 15) is 13.7 Å². The van der Waals surface area contributed by atoms with Crippen LogP contribution >= 0.6 is 0 Å². The zero-order valence-electron chi connectivity index (χ0n) is 12.4. The van der Waals surface area contributed by atoms with E-state index < -0.39 is 21.3 Å². The second-order valence-electron chi connectivity index (χ2n) is 5.20. The van der Waals surface area contributed by atoms with E-state index in [2.05, 4.69) is 0 Å². The molecule has 6 heteroatoms. The number of aliphatic hydroxyl groups excluding tert-OH is 1. The predicted molar refractivity (Wildman–Crippen MR) is 86.2 cm³/mol. The van der Waals surface area contributed by atoms with Crippen molar-refractivity contribution in [3.8, 4) is 0 Å². The fourth-order valence-corrected chi connectivity index (χ4v) is 3.40. The number of anilines is 1. The number of benzene rings is 2. The summed E-state index contributed by atoms with van der Waals surface area (Å²) in [5.74, 6) is 0. The lowest BCUT2D eigenvalue weighted by atomic mass is 10.1. The molecular weight excluding hydrogens is 303 g/mol. The van der Waals surface area contributed by atoms with Crippen molar-refractivity contribution in [2.45, 2.75) is 16.5 Å². The van der Waals surface area contributed by atoms with Crippen molar-refractivity contribution in [3.63, 3.8) is 0 Å². The Morgan fingerprint density at radius 3 is 2.14 bits per heavy atom. The molecule has 0 spiro atoms. The molecule has 0 saturated heterocycles. The maximum absolute atomic E-state index is 14.5. The SMILES string of the molecule is CN(C)c1ccc([C@H](O)C(F)[S@](=N)(=O)c2ccccc2)cc1. The van der Waals surface area contributed by atoms with Crippen LogP contribution in [0.1, 0.15) is 11.7 Å². The molecule has 2 aromatic carbocycles. The molecule has 0 saturated carbocycles. The number of nitrogens with one attached hydrogen (secondary N) is 1. The molecule has 0 aliphatic carbocycles. The van der Waals surface area contributed by atoms with Gasteiger partial charge in [-0.05, 0) is 29.8 Å². The molecule has 0 fully saturated rings. The quantitative estimate of drug-likeness (QED) is 0.888. The van der Waals surface area contributed by atoms with Gasteiger partial charge >= 0.3 is 0 Å². The van der Waals surface area contributed by atoms with Gasteiger partial charge in [-0.3, -0.25) is 0 Å². The molecule has 2 N–H and O–H groups in total. The molecule has 2 aromatic rings. The molecule has 0 aliphatic heterocycles. The average molecular weight is 322 g/mol. The first-order valence-electron chi connectivity index (χ1n) is 6.76. The van der Waals surface area contributed by atoms with Gasteiger partial charge in [0.1, 0.15) is 15.8 Å². The summed E-state index contributed by atoms with van der Waals surface area (Å²) in [6.45, 7) is 0. The van der Waals surface area contributed by atoms with Crippen LogP contribution in [-0.2, 0) is 9.73 Å². The number of halogens is 1. The van der Waals surface area contributed by atoms with Gasteiger partial charge in [0.15, 0.2) is 0 Å². The van der Waals surface area contributed by atoms with Gasteiger partial charge in [-0.1, -0.05) is 30.3 Å². The summed E-state index contributed by atoms with van der Waals surface area (Å²) in [4.78, 5) is 1.95. The lowest BCUT2D eigenvalue weighted by Crippen LogP contribution is -2.23. The molecule has 2 rings (SSSR count). The van der Waals surface area contributed by atoms with E-state index in [4.69, 9.17) is 4.78 Å². The van der Waals surface area contributed by atoms with Crippen molar-refractivity contribution in [1.82, 2.24) is 0 Å². The maximum Gasteiger partial charge on any atom is 0.216 e. The summed E-state index contributed by atoms with van der Waals surface area (Å²) in [5.41, 5.74) is -0.991. The number of alkyl halides is 1. The van der Waals surface area contributed by atoms with E-state index in [0.29, 0.717) is 5.56 Å². The third-order valence-corrected chi connectivity index (χ3v) is 5.27. The summed E-state index contributed by atoms with van der Waals surface area (Å²) in [7, 11) is 0.000996. The van der Waals surface area contributed by atoms with E-state index in [1.54, 1.807) is 42.5 Å². The highest BCUT2D eigenvalue weighted by molar-refractivity contribution is 7.93. The van der Waals surface area contributed by atoms with Crippen LogP contribution in [0.15, 0.2) is 59.5 Å². The third-order valence-electron chi connectivity index (χ3n) is 3.41. The summed E-state index contributed by atoms with van der Waals surface area (Å²) in [5, 5.41) is 10.1. The highest BCUT2D eigenvalue weighted by Crippen LogP contribution is 2.29. The Balaban J connectivity index is 2.27. The lowest BCUT2D eigenvalue weighted by molar-refractivity contribution is 0.120. The monoisotopic (exact) mass is 322 g/mol. The molecule has 0 radical (unpaired) electrons. The molecular formula is C16H19FN2O2S. The Bertz CT molecular complexity index is 716. The van der Waals surface area contributed by atoms with Crippen LogP contribution in [0, 0.1) is 4.78 Å². The van der Waals surface area contributed by atoms with Crippen molar-refractivity contribution >= 4 is 15.4 Å². The van der Waals surface area contributed by atoms with Crippen LogP contribution in [0.3, 0.4) is 0 Å². The number of hydrogen-bond donors (Lipinski definition) is 2. The van der Waals surface area contributed by atoms with Crippen LogP contribution in [0.4, 0.5) is 10.1 Å². The molecule has 22 heavy (non-hydrogen) atoms. The fraction of sp³-hybridized carbons (Fsp3) is 0.250. The van der Waals surface area contributed by atoms with Gasteiger partial charge in [-0.15, -0.1) is 0 Å². The van der Waals surface area contributed by atoms with Gasteiger partial charge in [-0.25, -0.2) is 13.4 Å². The number of nitrogens with zero attached hydrogens (tertiary/aromatic N) is 1. The zero-order chi connectivity index (χ0) is 16.3. The maximum atomic E-state index is 14.5. The molecule has 118 valence electrons. The molecule has 1 unspecified atom stereocenters. The van der Waals surface area contributed by atoms with Gasteiger partial charge in [0.25, 0.3) is 0 Å². The Hall–Kier alpha value is -1.92. The summed E-state index contributed by atoms with van der Waals surface area (Å²) < 4.78 is 34.7. The van der Waals surface area contributed by atoms with Gasteiger partial charge < -0.3 is 10.0 Å². The van der Waals surface area contributed by atoms with Gasteiger partial charge in [0, 0.05) is 19.8 Å². The highest BCUT2D eigenvalue weighted by atomic mass is 32.2. The zero-order valence-corrected chi connectivity index (χ0v) is 13.3. The Kier molecular flexibility index (Phi) is 4.83. The van der Waals surface area contributed by atoms with Crippen LogP contribution in [0.5, 0.6) is 0 Å². The first kappa shape index (κ1) is 16.5. The second kappa shape index (κ2) is 6.46. The van der Waals surface area contributed by atoms with E-state index >= 15 is 0 Å². The number of rotatable bonds is 5. The molecule has 4 nitrogen and oxygen atoms in total. The van der Waals surface area contributed by atoms with E-state index in [1.807, 2.05) is 19.0 Å². The van der Waals surface area contributed by atoms with E-state index in [0.717, 1.165) is 5.69 Å². The fourth-order valence-electron chi connectivity index (χ4n) is 2.06. The first-order valence-corrected chi connectivity index (χ1v) is 8.38. The predicted octanol–water partition coefficient (Wildman–Crippen LogP) is 3.19. The minimum atomic E-state index is -3.74. The van der Waals surface area contributed by atoms with Gasteiger partial charge in [-0.2, -0.15) is 0 Å². The number of aliphatic hydroxyl groups is 1. The van der Waals surface area contributed by atoms with E-state index in [-0.39, 0.29) is 4.90 Å². The minimum Gasteiger partial charge on any atom is -0.384 e. The topological polar surface area (TPSA) is 64.4 Å². The normalized spacial score (nSPS) is 16.5. The average Bonchev–Trinajstić information content (AvgIpc) is 2.54. The largest absolute Gasteiger partial charge is 0.384 e.